The van der Waals surface area contributed by atoms with Crippen molar-refractivity contribution in [1.82, 2.24) is 10.3 Å². The number of halogens is 1. The molecule has 0 spiro atoms. The lowest BCUT2D eigenvalue weighted by atomic mass is 9.96. The molecule has 1 amide bonds. The van der Waals surface area contributed by atoms with E-state index in [1.165, 1.54) is 6.08 Å². The van der Waals surface area contributed by atoms with Crippen LogP contribution in [0.3, 0.4) is 0 Å². The second-order valence-electron chi connectivity index (χ2n) is 7.44. The van der Waals surface area contributed by atoms with Gasteiger partial charge in [-0.15, -0.1) is 0 Å². The Morgan fingerprint density at radius 1 is 1.34 bits per heavy atom. The number of aliphatic hydroxyl groups excluding tert-OH is 1. The molecule has 2 N–H and O–H groups in total. The average molecular weight is 451 g/mol. The molecule has 0 fully saturated rings. The Bertz CT molecular complexity index is 1150. The van der Waals surface area contributed by atoms with Crippen molar-refractivity contribution in [3.8, 4) is 22.6 Å². The van der Waals surface area contributed by atoms with E-state index in [-0.39, 0.29) is 18.6 Å². The summed E-state index contributed by atoms with van der Waals surface area (Å²) in [5.74, 6) is 1.13. The van der Waals surface area contributed by atoms with Crippen LogP contribution < -0.4 is 14.8 Å². The van der Waals surface area contributed by atoms with Crippen LogP contribution >= 0.6 is 11.6 Å². The van der Waals surface area contributed by atoms with Crippen LogP contribution in [0.15, 0.2) is 60.9 Å². The number of fused-ring (bicyclic) bond motifs is 1. The summed E-state index contributed by atoms with van der Waals surface area (Å²) in [4.78, 5) is 16.2. The third kappa shape index (κ3) is 4.93. The molecule has 6 nitrogen and oxygen atoms in total. The molecule has 1 aliphatic rings. The number of hydrogen-bond donors (Lipinski definition) is 2. The van der Waals surface area contributed by atoms with E-state index in [4.69, 9.17) is 21.1 Å². The highest BCUT2D eigenvalue weighted by Gasteiger charge is 2.26. The van der Waals surface area contributed by atoms with Crippen molar-refractivity contribution in [2.75, 3.05) is 13.7 Å². The number of carbonyl (C=O) groups excluding carboxylic acids is 1. The molecular weight excluding hydrogens is 428 g/mol. The van der Waals surface area contributed by atoms with Gasteiger partial charge in [0, 0.05) is 30.5 Å². The summed E-state index contributed by atoms with van der Waals surface area (Å²) in [6.45, 7) is 0.267. The fraction of sp³-hybridized carbons (Fsp3) is 0.200. The quantitative estimate of drug-likeness (QED) is 0.531. The van der Waals surface area contributed by atoms with Gasteiger partial charge in [-0.2, -0.15) is 0 Å². The number of aromatic nitrogens is 1. The van der Waals surface area contributed by atoms with Crippen molar-refractivity contribution in [2.24, 2.45) is 0 Å². The van der Waals surface area contributed by atoms with E-state index in [0.29, 0.717) is 29.5 Å². The fourth-order valence-corrected chi connectivity index (χ4v) is 3.95. The van der Waals surface area contributed by atoms with E-state index in [1.54, 1.807) is 25.6 Å². The van der Waals surface area contributed by atoms with Gasteiger partial charge in [-0.3, -0.25) is 9.78 Å². The molecule has 1 aromatic heterocycles. The average Bonchev–Trinajstić information content (AvgIpc) is 3.25. The number of nitrogens with one attached hydrogen (secondary N) is 1. The number of methoxy groups -OCH3 is 1. The Labute approximate surface area is 191 Å². The summed E-state index contributed by atoms with van der Waals surface area (Å²) < 4.78 is 11.3. The van der Waals surface area contributed by atoms with Crippen LogP contribution in [-0.2, 0) is 17.8 Å². The SMILES string of the molecule is COc1ccc(CO)c(-c2cc(Cl)c3c(c2)CC(CNC(=O)/C=C/c2cccnc2)O3)c1. The molecular formula is C25H23ClN2O4. The van der Waals surface area contributed by atoms with Crippen LogP contribution in [0.2, 0.25) is 5.02 Å². The van der Waals surface area contributed by atoms with E-state index in [2.05, 4.69) is 10.3 Å². The predicted octanol–water partition coefficient (Wildman–Crippen LogP) is 4.04. The second kappa shape index (κ2) is 9.85. The van der Waals surface area contributed by atoms with Gasteiger partial charge in [-0.05, 0) is 58.7 Å². The van der Waals surface area contributed by atoms with E-state index >= 15 is 0 Å². The molecule has 164 valence electrons. The molecule has 2 aromatic carbocycles. The third-order valence-electron chi connectivity index (χ3n) is 5.27. The van der Waals surface area contributed by atoms with Crippen molar-refractivity contribution >= 4 is 23.6 Å². The molecule has 0 aliphatic carbocycles. The Hall–Kier alpha value is -3.35. The van der Waals surface area contributed by atoms with Gasteiger partial charge < -0.3 is 19.9 Å². The number of aliphatic hydroxyl groups is 1. The van der Waals surface area contributed by atoms with Crippen molar-refractivity contribution in [2.45, 2.75) is 19.1 Å². The molecule has 3 aromatic rings. The largest absolute Gasteiger partial charge is 0.497 e. The number of hydrogen-bond acceptors (Lipinski definition) is 5. The molecule has 0 saturated carbocycles. The maximum atomic E-state index is 12.1. The Morgan fingerprint density at radius 3 is 2.97 bits per heavy atom. The zero-order valence-electron chi connectivity index (χ0n) is 17.5. The highest BCUT2D eigenvalue weighted by atomic mass is 35.5. The van der Waals surface area contributed by atoms with Gasteiger partial charge in [-0.1, -0.05) is 23.7 Å². The summed E-state index contributed by atoms with van der Waals surface area (Å²) in [5.41, 5.74) is 4.33. The lowest BCUT2D eigenvalue weighted by Crippen LogP contribution is -2.33. The molecule has 0 radical (unpaired) electrons. The molecule has 4 rings (SSSR count). The first-order valence-corrected chi connectivity index (χ1v) is 10.6. The Morgan fingerprint density at radius 2 is 2.22 bits per heavy atom. The van der Waals surface area contributed by atoms with Gasteiger partial charge in [0.2, 0.25) is 5.91 Å². The monoisotopic (exact) mass is 450 g/mol. The molecule has 1 unspecified atom stereocenters. The van der Waals surface area contributed by atoms with Gasteiger partial charge >= 0.3 is 0 Å². The maximum absolute atomic E-state index is 12.1. The normalized spacial score (nSPS) is 14.8. The predicted molar refractivity (Wildman–Crippen MR) is 124 cm³/mol. The fourth-order valence-electron chi connectivity index (χ4n) is 3.67. The van der Waals surface area contributed by atoms with E-state index in [9.17, 15) is 9.90 Å². The number of ether oxygens (including phenoxy) is 2. The number of amides is 1. The molecule has 1 atom stereocenters. The number of benzene rings is 2. The summed E-state index contributed by atoms with van der Waals surface area (Å²) in [6, 6.07) is 13.1. The minimum Gasteiger partial charge on any atom is -0.497 e. The topological polar surface area (TPSA) is 80.7 Å². The lowest BCUT2D eigenvalue weighted by Gasteiger charge is -2.13. The van der Waals surface area contributed by atoms with E-state index in [0.717, 1.165) is 27.8 Å². The van der Waals surface area contributed by atoms with Gasteiger partial charge in [0.05, 0.1) is 25.3 Å². The molecule has 7 heteroatoms. The van der Waals surface area contributed by atoms with Crippen LogP contribution in [0.1, 0.15) is 16.7 Å². The third-order valence-corrected chi connectivity index (χ3v) is 5.55. The number of carbonyl (C=O) groups is 1. The number of pyridine rings is 1. The van der Waals surface area contributed by atoms with Crippen molar-refractivity contribution in [3.05, 3.63) is 82.6 Å². The zero-order chi connectivity index (χ0) is 22.5. The van der Waals surface area contributed by atoms with Gasteiger partial charge in [0.15, 0.2) is 0 Å². The molecule has 2 heterocycles. The second-order valence-corrected chi connectivity index (χ2v) is 7.84. The molecule has 0 saturated heterocycles. The highest BCUT2D eigenvalue weighted by Crippen LogP contribution is 2.40. The number of rotatable bonds is 7. The molecule has 32 heavy (non-hydrogen) atoms. The lowest BCUT2D eigenvalue weighted by molar-refractivity contribution is -0.116. The highest BCUT2D eigenvalue weighted by molar-refractivity contribution is 6.32. The minimum atomic E-state index is -0.212. The maximum Gasteiger partial charge on any atom is 0.244 e. The number of nitrogens with zero attached hydrogens (tertiary/aromatic N) is 1. The van der Waals surface area contributed by atoms with Gasteiger partial charge in [0.25, 0.3) is 0 Å². The van der Waals surface area contributed by atoms with Crippen LogP contribution in [0.5, 0.6) is 11.5 Å². The first kappa shape index (κ1) is 21.9. The standard InChI is InChI=1S/C25H23ClN2O4/c1-31-20-6-5-17(15-29)22(12-20)18-9-19-10-21(32-25(19)23(26)11-18)14-28-24(30)7-4-16-3-2-8-27-13-16/h2-9,11-13,21,29H,10,14-15H2,1H3,(H,28,30)/b7-4+. The summed E-state index contributed by atoms with van der Waals surface area (Å²) in [7, 11) is 1.60. The van der Waals surface area contributed by atoms with Crippen LogP contribution in [0.25, 0.3) is 17.2 Å². The molecule has 0 bridgehead atoms. The van der Waals surface area contributed by atoms with E-state index < -0.39 is 0 Å². The first-order valence-electron chi connectivity index (χ1n) is 10.2. The Kier molecular flexibility index (Phi) is 6.73. The zero-order valence-corrected chi connectivity index (χ0v) is 18.3. The Balaban J connectivity index is 1.45. The summed E-state index contributed by atoms with van der Waals surface area (Å²) in [6.07, 6.45) is 6.96. The van der Waals surface area contributed by atoms with Crippen LogP contribution in [0.4, 0.5) is 0 Å². The van der Waals surface area contributed by atoms with Gasteiger partial charge in [0.1, 0.15) is 17.6 Å². The van der Waals surface area contributed by atoms with Crippen molar-refractivity contribution in [1.29, 1.82) is 0 Å². The summed E-state index contributed by atoms with van der Waals surface area (Å²) in [5, 5.41) is 13.1. The smallest absolute Gasteiger partial charge is 0.244 e. The minimum absolute atomic E-state index is 0.0915. The first-order chi connectivity index (χ1) is 15.6. The van der Waals surface area contributed by atoms with E-state index in [1.807, 2.05) is 42.5 Å². The van der Waals surface area contributed by atoms with Crippen molar-refractivity contribution in [3.63, 3.8) is 0 Å². The molecule has 1 aliphatic heterocycles. The van der Waals surface area contributed by atoms with Crippen molar-refractivity contribution < 1.29 is 19.4 Å². The van der Waals surface area contributed by atoms with Crippen LogP contribution in [0, 0.1) is 0 Å². The van der Waals surface area contributed by atoms with Gasteiger partial charge in [-0.25, -0.2) is 0 Å². The van der Waals surface area contributed by atoms with Crippen LogP contribution in [-0.4, -0.2) is 35.8 Å². The summed E-state index contributed by atoms with van der Waals surface area (Å²) >= 11 is 6.52.